The van der Waals surface area contributed by atoms with E-state index < -0.39 is 0 Å². The molecule has 158 valence electrons. The number of unbranched alkanes of at least 4 members (excludes halogenated alkanes) is 1. The number of benzene rings is 1. The van der Waals surface area contributed by atoms with Gasteiger partial charge in [0, 0.05) is 39.3 Å². The predicted molar refractivity (Wildman–Crippen MR) is 119 cm³/mol. The number of piperazine rings is 1. The third kappa shape index (κ3) is 7.49. The molecule has 1 saturated heterocycles. The third-order valence-corrected chi connectivity index (χ3v) is 6.68. The average molecular weight is 436 g/mol. The van der Waals surface area contributed by atoms with E-state index in [1.165, 1.54) is 23.1 Å². The molecule has 0 atom stereocenters. The van der Waals surface area contributed by atoms with E-state index in [-0.39, 0.29) is 5.91 Å². The summed E-state index contributed by atoms with van der Waals surface area (Å²) in [4.78, 5) is 16.8. The zero-order valence-electron chi connectivity index (χ0n) is 16.9. The minimum Gasteiger partial charge on any atom is -0.492 e. The molecule has 1 amide bonds. The van der Waals surface area contributed by atoms with Crippen LogP contribution in [0.3, 0.4) is 0 Å². The number of amides is 1. The normalized spacial score (nSPS) is 14.7. The van der Waals surface area contributed by atoms with E-state index in [0.29, 0.717) is 12.4 Å². The fourth-order valence-corrected chi connectivity index (χ4v) is 4.64. The molecule has 0 spiro atoms. The van der Waals surface area contributed by atoms with E-state index in [1.807, 2.05) is 35.2 Å². The van der Waals surface area contributed by atoms with Crippen LogP contribution in [0.5, 0.6) is 5.75 Å². The highest BCUT2D eigenvalue weighted by atomic mass is 32.2. The van der Waals surface area contributed by atoms with E-state index in [9.17, 15) is 4.79 Å². The lowest BCUT2D eigenvalue weighted by atomic mass is 10.3. The Morgan fingerprint density at radius 2 is 2.00 bits per heavy atom. The summed E-state index contributed by atoms with van der Waals surface area (Å²) in [5.41, 5.74) is 0. The van der Waals surface area contributed by atoms with Crippen molar-refractivity contribution >= 4 is 34.1 Å². The van der Waals surface area contributed by atoms with Crippen molar-refractivity contribution in [3.63, 3.8) is 0 Å². The molecule has 1 aliphatic heterocycles. The molecule has 0 bridgehead atoms. The van der Waals surface area contributed by atoms with Gasteiger partial charge in [0.2, 0.25) is 11.0 Å². The second-order valence-electron chi connectivity index (χ2n) is 6.83. The zero-order valence-corrected chi connectivity index (χ0v) is 18.5. The van der Waals surface area contributed by atoms with Gasteiger partial charge in [0.15, 0.2) is 4.34 Å². The maximum Gasteiger partial charge on any atom is 0.233 e. The maximum atomic E-state index is 12.5. The largest absolute Gasteiger partial charge is 0.492 e. The van der Waals surface area contributed by atoms with Crippen molar-refractivity contribution in [2.24, 2.45) is 0 Å². The number of aromatic nitrogens is 2. The summed E-state index contributed by atoms with van der Waals surface area (Å²) in [5.74, 6) is 1.49. The number of nitrogens with one attached hydrogen (secondary N) is 1. The number of carbonyl (C=O) groups is 1. The second kappa shape index (κ2) is 12.0. The molecule has 1 aliphatic rings. The molecule has 1 aromatic carbocycles. The maximum absolute atomic E-state index is 12.5. The lowest BCUT2D eigenvalue weighted by Gasteiger charge is -2.34. The first-order valence-corrected chi connectivity index (χ1v) is 11.9. The summed E-state index contributed by atoms with van der Waals surface area (Å²) in [6.45, 7) is 7.93. The SMILES string of the molecule is CCCCNc1nnc(SCC(=O)N2CCN(CCOc3ccccc3)CC2)s1. The number of thioether (sulfide) groups is 1. The first-order chi connectivity index (χ1) is 14.2. The van der Waals surface area contributed by atoms with E-state index >= 15 is 0 Å². The Morgan fingerprint density at radius 1 is 1.21 bits per heavy atom. The first kappa shape index (κ1) is 21.9. The topological polar surface area (TPSA) is 70.6 Å². The van der Waals surface area contributed by atoms with Crippen molar-refractivity contribution in [1.82, 2.24) is 20.0 Å². The molecule has 0 radical (unpaired) electrons. The van der Waals surface area contributed by atoms with Crippen LogP contribution in [-0.2, 0) is 4.79 Å². The molecule has 9 heteroatoms. The van der Waals surface area contributed by atoms with Crippen LogP contribution in [-0.4, -0.2) is 77.5 Å². The molecule has 0 unspecified atom stereocenters. The standard InChI is InChI=1S/C20H29N5O2S2/c1-2-3-9-21-19-22-23-20(29-19)28-16-18(26)25-12-10-24(11-13-25)14-15-27-17-7-5-4-6-8-17/h4-8H,2-3,9-16H2,1H3,(H,21,22). The molecule has 29 heavy (non-hydrogen) atoms. The van der Waals surface area contributed by atoms with E-state index in [4.69, 9.17) is 4.74 Å². The Hall–Kier alpha value is -1.84. The number of hydrogen-bond acceptors (Lipinski definition) is 8. The van der Waals surface area contributed by atoms with Crippen LogP contribution >= 0.6 is 23.1 Å². The second-order valence-corrected chi connectivity index (χ2v) is 9.03. The van der Waals surface area contributed by atoms with Crippen LogP contribution in [0.25, 0.3) is 0 Å². The molecule has 0 aliphatic carbocycles. The average Bonchev–Trinajstić information content (AvgIpc) is 3.21. The number of carbonyl (C=O) groups excluding carboxylic acids is 1. The number of anilines is 1. The van der Waals surface area contributed by atoms with Gasteiger partial charge in [0.1, 0.15) is 12.4 Å². The lowest BCUT2D eigenvalue weighted by molar-refractivity contribution is -0.130. The van der Waals surface area contributed by atoms with Crippen molar-refractivity contribution in [2.75, 3.05) is 56.9 Å². The highest BCUT2D eigenvalue weighted by Gasteiger charge is 2.21. The molecule has 0 saturated carbocycles. The van der Waals surface area contributed by atoms with Crippen LogP contribution in [0, 0.1) is 0 Å². The Balaban J connectivity index is 1.30. The summed E-state index contributed by atoms with van der Waals surface area (Å²) < 4.78 is 6.60. The number of nitrogens with zero attached hydrogens (tertiary/aromatic N) is 4. The lowest BCUT2D eigenvalue weighted by Crippen LogP contribution is -2.50. The Labute approximate surface area is 180 Å². The predicted octanol–water partition coefficient (Wildman–Crippen LogP) is 3.07. The molecule has 1 N–H and O–H groups in total. The number of hydrogen-bond donors (Lipinski definition) is 1. The van der Waals surface area contributed by atoms with Crippen molar-refractivity contribution in [3.05, 3.63) is 30.3 Å². The zero-order chi connectivity index (χ0) is 20.3. The number of ether oxygens (including phenoxy) is 1. The van der Waals surface area contributed by atoms with Crippen molar-refractivity contribution in [3.8, 4) is 5.75 Å². The molecular formula is C20H29N5O2S2. The molecule has 1 fully saturated rings. The minimum absolute atomic E-state index is 0.172. The fraction of sp³-hybridized carbons (Fsp3) is 0.550. The van der Waals surface area contributed by atoms with Crippen LogP contribution < -0.4 is 10.1 Å². The van der Waals surface area contributed by atoms with Gasteiger partial charge in [-0.05, 0) is 18.6 Å². The van der Waals surface area contributed by atoms with Gasteiger partial charge in [0.25, 0.3) is 0 Å². The van der Waals surface area contributed by atoms with Crippen molar-refractivity contribution < 1.29 is 9.53 Å². The van der Waals surface area contributed by atoms with Crippen molar-refractivity contribution in [1.29, 1.82) is 0 Å². The van der Waals surface area contributed by atoms with Gasteiger partial charge < -0.3 is 15.0 Å². The van der Waals surface area contributed by atoms with Gasteiger partial charge in [-0.15, -0.1) is 10.2 Å². The van der Waals surface area contributed by atoms with Gasteiger partial charge in [-0.2, -0.15) is 0 Å². The van der Waals surface area contributed by atoms with Crippen LogP contribution in [0.4, 0.5) is 5.13 Å². The summed E-state index contributed by atoms with van der Waals surface area (Å²) in [6, 6.07) is 9.87. The van der Waals surface area contributed by atoms with Crippen LogP contribution in [0.2, 0.25) is 0 Å². The van der Waals surface area contributed by atoms with Crippen molar-refractivity contribution in [2.45, 2.75) is 24.1 Å². The molecule has 1 aromatic heterocycles. The summed E-state index contributed by atoms with van der Waals surface area (Å²) in [5, 5.41) is 12.4. The quantitative estimate of drug-likeness (QED) is 0.430. The molecule has 7 nitrogen and oxygen atoms in total. The Bertz CT molecular complexity index is 735. The minimum atomic E-state index is 0.172. The van der Waals surface area contributed by atoms with Gasteiger partial charge >= 0.3 is 0 Å². The fourth-order valence-electron chi connectivity index (χ4n) is 2.96. The first-order valence-electron chi connectivity index (χ1n) is 10.1. The van der Waals surface area contributed by atoms with Crippen LogP contribution in [0.15, 0.2) is 34.7 Å². The molecule has 3 rings (SSSR count). The smallest absolute Gasteiger partial charge is 0.233 e. The highest BCUT2D eigenvalue weighted by molar-refractivity contribution is 8.01. The van der Waals surface area contributed by atoms with E-state index in [2.05, 4.69) is 27.3 Å². The summed E-state index contributed by atoms with van der Waals surface area (Å²) in [6.07, 6.45) is 2.26. The molecular weight excluding hydrogens is 406 g/mol. The Kier molecular flexibility index (Phi) is 9.04. The summed E-state index contributed by atoms with van der Waals surface area (Å²) >= 11 is 2.99. The van der Waals surface area contributed by atoms with Gasteiger partial charge in [-0.3, -0.25) is 9.69 Å². The van der Waals surface area contributed by atoms with E-state index in [0.717, 1.165) is 67.3 Å². The number of para-hydroxylation sites is 1. The van der Waals surface area contributed by atoms with E-state index in [1.54, 1.807) is 0 Å². The van der Waals surface area contributed by atoms with Crippen LogP contribution in [0.1, 0.15) is 19.8 Å². The van der Waals surface area contributed by atoms with Gasteiger partial charge in [-0.25, -0.2) is 0 Å². The molecule has 2 heterocycles. The highest BCUT2D eigenvalue weighted by Crippen LogP contribution is 2.25. The number of rotatable bonds is 11. The van der Waals surface area contributed by atoms with Gasteiger partial charge in [0.05, 0.1) is 5.75 Å². The Morgan fingerprint density at radius 3 is 2.76 bits per heavy atom. The molecule has 2 aromatic rings. The third-order valence-electron chi connectivity index (χ3n) is 4.68. The van der Waals surface area contributed by atoms with Gasteiger partial charge in [-0.1, -0.05) is 54.6 Å². The monoisotopic (exact) mass is 435 g/mol. The summed E-state index contributed by atoms with van der Waals surface area (Å²) in [7, 11) is 0.